The number of rotatable bonds is 9. The van der Waals surface area contributed by atoms with Gasteiger partial charge in [-0.1, -0.05) is 12.1 Å². The SMILES string of the molecule is COc1cc(-c2nn(-c3ccc(CCN4CCOCC4)cc3)c(=O)n2CC(=O)NC(C)C)ccc1F. The van der Waals surface area contributed by atoms with Gasteiger partial charge in [0, 0.05) is 31.2 Å². The van der Waals surface area contributed by atoms with E-state index in [0.29, 0.717) is 11.3 Å². The van der Waals surface area contributed by atoms with Crippen molar-refractivity contribution in [1.82, 2.24) is 24.6 Å². The first-order valence-electron chi connectivity index (χ1n) is 12.1. The van der Waals surface area contributed by atoms with Gasteiger partial charge in [-0.05, 0) is 56.2 Å². The maximum absolute atomic E-state index is 14.0. The monoisotopic (exact) mass is 497 g/mol. The van der Waals surface area contributed by atoms with Gasteiger partial charge in [0.25, 0.3) is 0 Å². The van der Waals surface area contributed by atoms with Gasteiger partial charge in [-0.3, -0.25) is 14.3 Å². The Morgan fingerprint density at radius 2 is 1.89 bits per heavy atom. The number of nitrogens with one attached hydrogen (secondary N) is 1. The van der Waals surface area contributed by atoms with Gasteiger partial charge >= 0.3 is 5.69 Å². The molecule has 3 aromatic rings. The van der Waals surface area contributed by atoms with Crippen molar-refractivity contribution in [3.05, 3.63) is 64.3 Å². The maximum atomic E-state index is 14.0. The number of methoxy groups -OCH3 is 1. The minimum absolute atomic E-state index is 0.0253. The Morgan fingerprint density at radius 3 is 2.56 bits per heavy atom. The predicted octanol–water partition coefficient (Wildman–Crippen LogP) is 2.25. The fourth-order valence-electron chi connectivity index (χ4n) is 4.15. The molecule has 0 spiro atoms. The van der Waals surface area contributed by atoms with E-state index in [-0.39, 0.29) is 30.1 Å². The number of nitrogens with zero attached hydrogens (tertiary/aromatic N) is 4. The number of hydrogen-bond acceptors (Lipinski definition) is 6. The van der Waals surface area contributed by atoms with Crippen LogP contribution in [0.25, 0.3) is 17.1 Å². The summed E-state index contributed by atoms with van der Waals surface area (Å²) in [6.07, 6.45) is 0.889. The fourth-order valence-corrected chi connectivity index (χ4v) is 4.15. The van der Waals surface area contributed by atoms with E-state index in [1.165, 1.54) is 34.6 Å². The lowest BCUT2D eigenvalue weighted by Crippen LogP contribution is -2.37. The topological polar surface area (TPSA) is 90.6 Å². The van der Waals surface area contributed by atoms with Gasteiger partial charge < -0.3 is 14.8 Å². The number of carbonyl (C=O) groups excluding carboxylic acids is 1. The Hall–Kier alpha value is -3.50. The number of halogens is 1. The molecule has 0 aliphatic carbocycles. The molecule has 1 aliphatic heterocycles. The molecule has 1 fully saturated rings. The number of hydrogen-bond donors (Lipinski definition) is 1. The van der Waals surface area contributed by atoms with Crippen molar-refractivity contribution in [2.75, 3.05) is 40.0 Å². The summed E-state index contributed by atoms with van der Waals surface area (Å²) in [5.74, 6) is -0.578. The number of benzene rings is 2. The summed E-state index contributed by atoms with van der Waals surface area (Å²) in [5.41, 5.74) is 1.72. The average Bonchev–Trinajstić information content (AvgIpc) is 3.19. The van der Waals surface area contributed by atoms with E-state index in [4.69, 9.17) is 9.47 Å². The standard InChI is InChI=1S/C26H32FN5O4/c1-18(2)28-24(33)17-31-25(20-6-9-22(27)23(16-20)35-3)29-32(26(31)34)21-7-4-19(5-8-21)10-11-30-12-14-36-15-13-30/h4-9,16,18H,10-15,17H2,1-3H3,(H,28,33). The molecule has 0 saturated carbocycles. The van der Waals surface area contributed by atoms with Crippen LogP contribution in [0, 0.1) is 5.82 Å². The van der Waals surface area contributed by atoms with E-state index < -0.39 is 11.5 Å². The molecule has 36 heavy (non-hydrogen) atoms. The van der Waals surface area contributed by atoms with Crippen LogP contribution in [0.2, 0.25) is 0 Å². The number of ether oxygens (including phenoxy) is 2. The minimum atomic E-state index is -0.528. The molecule has 1 saturated heterocycles. The van der Waals surface area contributed by atoms with Crippen LogP contribution in [0.3, 0.4) is 0 Å². The third-order valence-corrected chi connectivity index (χ3v) is 6.02. The minimum Gasteiger partial charge on any atom is -0.494 e. The Kier molecular flexibility index (Phi) is 8.17. The lowest BCUT2D eigenvalue weighted by atomic mass is 10.1. The second-order valence-electron chi connectivity index (χ2n) is 9.05. The smallest absolute Gasteiger partial charge is 0.351 e. The lowest BCUT2D eigenvalue weighted by Gasteiger charge is -2.26. The van der Waals surface area contributed by atoms with Gasteiger partial charge in [-0.25, -0.2) is 9.18 Å². The van der Waals surface area contributed by atoms with Crippen LogP contribution in [0.4, 0.5) is 4.39 Å². The van der Waals surface area contributed by atoms with Crippen molar-refractivity contribution in [1.29, 1.82) is 0 Å². The largest absolute Gasteiger partial charge is 0.494 e. The first-order valence-corrected chi connectivity index (χ1v) is 12.1. The molecule has 1 amide bonds. The third kappa shape index (κ3) is 6.00. The van der Waals surface area contributed by atoms with Gasteiger partial charge in [0.05, 0.1) is 26.0 Å². The van der Waals surface area contributed by atoms with Crippen LogP contribution < -0.4 is 15.7 Å². The maximum Gasteiger partial charge on any atom is 0.351 e. The van der Waals surface area contributed by atoms with Crippen molar-refractivity contribution in [3.63, 3.8) is 0 Å². The van der Waals surface area contributed by atoms with Crippen molar-refractivity contribution >= 4 is 5.91 Å². The predicted molar refractivity (Wildman–Crippen MR) is 134 cm³/mol. The van der Waals surface area contributed by atoms with Gasteiger partial charge in [-0.15, -0.1) is 5.10 Å². The van der Waals surface area contributed by atoms with E-state index in [9.17, 15) is 14.0 Å². The second-order valence-corrected chi connectivity index (χ2v) is 9.05. The number of amides is 1. The highest BCUT2D eigenvalue weighted by Crippen LogP contribution is 2.25. The number of carbonyl (C=O) groups is 1. The highest BCUT2D eigenvalue weighted by atomic mass is 19.1. The molecule has 192 valence electrons. The zero-order valence-electron chi connectivity index (χ0n) is 20.9. The zero-order valence-corrected chi connectivity index (χ0v) is 20.9. The molecule has 0 bridgehead atoms. The quantitative estimate of drug-likeness (QED) is 0.488. The summed E-state index contributed by atoms with van der Waals surface area (Å²) >= 11 is 0. The van der Waals surface area contributed by atoms with E-state index in [1.54, 1.807) is 0 Å². The molecule has 0 radical (unpaired) electrons. The Bertz CT molecular complexity index is 1250. The van der Waals surface area contributed by atoms with Crippen LogP contribution >= 0.6 is 0 Å². The molecule has 0 atom stereocenters. The van der Waals surface area contributed by atoms with Crippen molar-refractivity contribution in [3.8, 4) is 22.8 Å². The summed E-state index contributed by atoms with van der Waals surface area (Å²) in [7, 11) is 1.37. The van der Waals surface area contributed by atoms with E-state index in [2.05, 4.69) is 15.3 Å². The highest BCUT2D eigenvalue weighted by Gasteiger charge is 2.20. The Balaban J connectivity index is 1.63. The molecule has 4 rings (SSSR count). The van der Waals surface area contributed by atoms with Gasteiger partial charge in [0.15, 0.2) is 17.4 Å². The molecule has 2 heterocycles. The molecule has 1 N–H and O–H groups in total. The molecule has 9 nitrogen and oxygen atoms in total. The van der Waals surface area contributed by atoms with Crippen LogP contribution in [0.15, 0.2) is 47.3 Å². The Morgan fingerprint density at radius 1 is 1.17 bits per heavy atom. The second kappa shape index (κ2) is 11.5. The van der Waals surface area contributed by atoms with Crippen LogP contribution in [-0.2, 0) is 22.5 Å². The lowest BCUT2D eigenvalue weighted by molar-refractivity contribution is -0.122. The summed E-state index contributed by atoms with van der Waals surface area (Å²) in [6.45, 7) is 7.82. The summed E-state index contributed by atoms with van der Waals surface area (Å²) in [6, 6.07) is 11.8. The van der Waals surface area contributed by atoms with Gasteiger partial charge in [-0.2, -0.15) is 4.68 Å². The average molecular weight is 498 g/mol. The molecule has 0 unspecified atom stereocenters. The van der Waals surface area contributed by atoms with E-state index in [0.717, 1.165) is 44.8 Å². The summed E-state index contributed by atoms with van der Waals surface area (Å²) < 4.78 is 27.1. The molecule has 1 aromatic heterocycles. The first kappa shape index (κ1) is 25.6. The third-order valence-electron chi connectivity index (χ3n) is 6.02. The summed E-state index contributed by atoms with van der Waals surface area (Å²) in [4.78, 5) is 28.3. The van der Waals surface area contributed by atoms with Crippen LogP contribution in [0.1, 0.15) is 19.4 Å². The molecular weight excluding hydrogens is 465 g/mol. The molecule has 1 aliphatic rings. The van der Waals surface area contributed by atoms with Crippen molar-refractivity contribution < 1.29 is 18.7 Å². The number of aromatic nitrogens is 3. The molecule has 10 heteroatoms. The van der Waals surface area contributed by atoms with E-state index in [1.807, 2.05) is 38.1 Å². The van der Waals surface area contributed by atoms with Gasteiger partial charge in [0.1, 0.15) is 6.54 Å². The molecule has 2 aromatic carbocycles. The highest BCUT2D eigenvalue weighted by molar-refractivity contribution is 5.76. The van der Waals surface area contributed by atoms with E-state index >= 15 is 0 Å². The number of morpholine rings is 1. The fraction of sp³-hybridized carbons (Fsp3) is 0.423. The molecular formula is C26H32FN5O4. The Labute approximate surface area is 209 Å². The van der Waals surface area contributed by atoms with Gasteiger partial charge in [0.2, 0.25) is 5.91 Å². The first-order chi connectivity index (χ1) is 17.4. The summed E-state index contributed by atoms with van der Waals surface area (Å²) in [5, 5.41) is 7.32. The zero-order chi connectivity index (χ0) is 25.7. The van der Waals surface area contributed by atoms with Crippen LogP contribution in [0.5, 0.6) is 5.75 Å². The normalized spacial score (nSPS) is 14.2. The van der Waals surface area contributed by atoms with Crippen molar-refractivity contribution in [2.45, 2.75) is 32.9 Å². The van der Waals surface area contributed by atoms with Crippen LogP contribution in [-0.4, -0.2) is 71.2 Å². The van der Waals surface area contributed by atoms with Crippen molar-refractivity contribution in [2.24, 2.45) is 0 Å².